The van der Waals surface area contributed by atoms with Gasteiger partial charge in [-0.15, -0.1) is 0 Å². The molecule has 3 amide bonds. The van der Waals surface area contributed by atoms with E-state index in [4.69, 9.17) is 0 Å². The zero-order valence-corrected chi connectivity index (χ0v) is 15.0. The summed E-state index contributed by atoms with van der Waals surface area (Å²) in [7, 11) is 4.94. The number of nitrogens with zero attached hydrogens (tertiary/aromatic N) is 1. The van der Waals surface area contributed by atoms with Crippen molar-refractivity contribution in [3.8, 4) is 0 Å². The molecule has 26 heavy (non-hydrogen) atoms. The highest BCUT2D eigenvalue weighted by atomic mass is 16.2. The molecular weight excluding hydrogens is 332 g/mol. The van der Waals surface area contributed by atoms with Crippen LogP contribution in [0.1, 0.15) is 20.7 Å². The van der Waals surface area contributed by atoms with Crippen LogP contribution in [0.15, 0.2) is 48.5 Å². The summed E-state index contributed by atoms with van der Waals surface area (Å²) in [6.45, 7) is 0.0811. The fourth-order valence-electron chi connectivity index (χ4n) is 2.23. The van der Waals surface area contributed by atoms with E-state index in [0.717, 1.165) is 5.69 Å². The maximum Gasteiger partial charge on any atom is 0.253 e. The SMILES string of the molecule is CNC(=O)c1ccc(NCC(=O)Nc2ccc(C(=O)N(C)C)cc2)cc1. The molecule has 2 aromatic carbocycles. The van der Waals surface area contributed by atoms with Crippen molar-refractivity contribution in [2.45, 2.75) is 0 Å². The van der Waals surface area contributed by atoms with Crippen LogP contribution in [0.5, 0.6) is 0 Å². The molecule has 0 heterocycles. The van der Waals surface area contributed by atoms with E-state index in [0.29, 0.717) is 16.8 Å². The second-order valence-corrected chi connectivity index (χ2v) is 5.84. The van der Waals surface area contributed by atoms with Gasteiger partial charge in [0.25, 0.3) is 11.8 Å². The summed E-state index contributed by atoms with van der Waals surface area (Å²) in [5, 5.41) is 8.29. The van der Waals surface area contributed by atoms with Gasteiger partial charge in [-0.25, -0.2) is 0 Å². The Labute approximate surface area is 152 Å². The van der Waals surface area contributed by atoms with Crippen molar-refractivity contribution in [2.24, 2.45) is 0 Å². The van der Waals surface area contributed by atoms with Gasteiger partial charge in [0.15, 0.2) is 0 Å². The van der Waals surface area contributed by atoms with E-state index >= 15 is 0 Å². The van der Waals surface area contributed by atoms with E-state index < -0.39 is 0 Å². The van der Waals surface area contributed by atoms with E-state index in [1.165, 1.54) is 4.90 Å². The van der Waals surface area contributed by atoms with Gasteiger partial charge >= 0.3 is 0 Å². The lowest BCUT2D eigenvalue weighted by atomic mass is 10.2. The lowest BCUT2D eigenvalue weighted by Gasteiger charge is -2.11. The number of nitrogens with one attached hydrogen (secondary N) is 3. The predicted octanol–water partition coefficient (Wildman–Crippen LogP) is 1.80. The number of rotatable bonds is 6. The van der Waals surface area contributed by atoms with E-state index in [-0.39, 0.29) is 24.3 Å². The summed E-state index contributed by atoms with van der Waals surface area (Å²) < 4.78 is 0. The Balaban J connectivity index is 1.87. The van der Waals surface area contributed by atoms with Crippen molar-refractivity contribution >= 4 is 29.1 Å². The summed E-state index contributed by atoms with van der Waals surface area (Å²) in [6, 6.07) is 13.5. The van der Waals surface area contributed by atoms with Gasteiger partial charge in [0.2, 0.25) is 5.91 Å². The topological polar surface area (TPSA) is 90.5 Å². The van der Waals surface area contributed by atoms with Gasteiger partial charge in [-0.3, -0.25) is 14.4 Å². The molecule has 0 saturated heterocycles. The third-order valence-corrected chi connectivity index (χ3v) is 3.65. The Morgan fingerprint density at radius 1 is 0.846 bits per heavy atom. The quantitative estimate of drug-likeness (QED) is 0.738. The van der Waals surface area contributed by atoms with E-state index in [9.17, 15) is 14.4 Å². The second kappa shape index (κ2) is 8.66. The minimum Gasteiger partial charge on any atom is -0.376 e. The molecule has 136 valence electrons. The first-order chi connectivity index (χ1) is 12.4. The van der Waals surface area contributed by atoms with Crippen LogP contribution in [-0.2, 0) is 4.79 Å². The Bertz CT molecular complexity index is 783. The van der Waals surface area contributed by atoms with Crippen molar-refractivity contribution in [2.75, 3.05) is 38.3 Å². The highest BCUT2D eigenvalue weighted by Gasteiger charge is 2.08. The molecule has 2 rings (SSSR count). The van der Waals surface area contributed by atoms with Crippen LogP contribution in [0.25, 0.3) is 0 Å². The maximum atomic E-state index is 12.0. The molecule has 0 aliphatic carbocycles. The summed E-state index contributed by atoms with van der Waals surface area (Å²) >= 11 is 0. The molecule has 0 aromatic heterocycles. The normalized spacial score (nSPS) is 9.96. The Morgan fingerprint density at radius 3 is 1.92 bits per heavy atom. The fraction of sp³-hybridized carbons (Fsp3) is 0.211. The predicted molar refractivity (Wildman–Crippen MR) is 101 cm³/mol. The molecule has 3 N–H and O–H groups in total. The number of hydrogen-bond acceptors (Lipinski definition) is 4. The smallest absolute Gasteiger partial charge is 0.253 e. The first-order valence-electron chi connectivity index (χ1n) is 8.08. The minimum atomic E-state index is -0.216. The zero-order valence-electron chi connectivity index (χ0n) is 15.0. The Hall–Kier alpha value is -3.35. The van der Waals surface area contributed by atoms with Gasteiger partial charge in [-0.1, -0.05) is 0 Å². The van der Waals surface area contributed by atoms with Gasteiger partial charge in [0, 0.05) is 43.6 Å². The number of benzene rings is 2. The number of carbonyl (C=O) groups is 3. The largest absolute Gasteiger partial charge is 0.376 e. The van der Waals surface area contributed by atoms with Crippen LogP contribution in [0, 0.1) is 0 Å². The molecule has 0 atom stereocenters. The molecule has 7 nitrogen and oxygen atoms in total. The van der Waals surface area contributed by atoms with Crippen molar-refractivity contribution in [3.05, 3.63) is 59.7 Å². The third-order valence-electron chi connectivity index (χ3n) is 3.65. The van der Waals surface area contributed by atoms with Gasteiger partial charge in [-0.05, 0) is 48.5 Å². The Kier molecular flexibility index (Phi) is 6.32. The molecule has 0 aliphatic heterocycles. The molecule has 0 bridgehead atoms. The lowest BCUT2D eigenvalue weighted by molar-refractivity contribution is -0.114. The minimum absolute atomic E-state index is 0.0811. The first kappa shape index (κ1) is 19.0. The van der Waals surface area contributed by atoms with Gasteiger partial charge < -0.3 is 20.9 Å². The average Bonchev–Trinajstić information content (AvgIpc) is 2.66. The van der Waals surface area contributed by atoms with Gasteiger partial charge in [-0.2, -0.15) is 0 Å². The van der Waals surface area contributed by atoms with Gasteiger partial charge in [0.05, 0.1) is 6.54 Å². The molecule has 0 radical (unpaired) electrons. The maximum absolute atomic E-state index is 12.0. The molecule has 0 saturated carbocycles. The van der Waals surface area contributed by atoms with Crippen LogP contribution < -0.4 is 16.0 Å². The van der Waals surface area contributed by atoms with Crippen molar-refractivity contribution in [1.82, 2.24) is 10.2 Å². The number of amides is 3. The van der Waals surface area contributed by atoms with Crippen molar-refractivity contribution in [1.29, 1.82) is 0 Å². The number of carbonyl (C=O) groups excluding carboxylic acids is 3. The van der Waals surface area contributed by atoms with Crippen molar-refractivity contribution in [3.63, 3.8) is 0 Å². The van der Waals surface area contributed by atoms with Gasteiger partial charge in [0.1, 0.15) is 0 Å². The molecule has 0 spiro atoms. The lowest BCUT2D eigenvalue weighted by Crippen LogP contribution is -2.23. The van der Waals surface area contributed by atoms with Crippen molar-refractivity contribution < 1.29 is 14.4 Å². The van der Waals surface area contributed by atoms with Crippen LogP contribution in [0.2, 0.25) is 0 Å². The Morgan fingerprint density at radius 2 is 1.38 bits per heavy atom. The summed E-state index contributed by atoms with van der Waals surface area (Å²) in [5.74, 6) is -0.470. The van der Waals surface area contributed by atoms with Crippen LogP contribution in [-0.4, -0.2) is 50.3 Å². The summed E-state index contributed by atoms with van der Waals surface area (Å²) in [4.78, 5) is 36.8. The van der Waals surface area contributed by atoms with Crippen LogP contribution in [0.4, 0.5) is 11.4 Å². The number of anilines is 2. The monoisotopic (exact) mass is 354 g/mol. The average molecular weight is 354 g/mol. The third kappa shape index (κ3) is 5.07. The molecule has 2 aromatic rings. The highest BCUT2D eigenvalue weighted by Crippen LogP contribution is 2.12. The molecule has 0 unspecified atom stereocenters. The van der Waals surface area contributed by atoms with Crippen LogP contribution >= 0.6 is 0 Å². The molecule has 0 fully saturated rings. The van der Waals surface area contributed by atoms with E-state index in [2.05, 4.69) is 16.0 Å². The number of hydrogen-bond donors (Lipinski definition) is 3. The van der Waals surface area contributed by atoms with E-state index in [1.54, 1.807) is 69.7 Å². The van der Waals surface area contributed by atoms with Crippen LogP contribution in [0.3, 0.4) is 0 Å². The summed E-state index contributed by atoms with van der Waals surface area (Å²) in [6.07, 6.45) is 0. The molecule has 7 heteroatoms. The fourth-order valence-corrected chi connectivity index (χ4v) is 2.23. The van der Waals surface area contributed by atoms with E-state index in [1.807, 2.05) is 0 Å². The summed E-state index contributed by atoms with van der Waals surface area (Å²) in [5.41, 5.74) is 2.46. The second-order valence-electron chi connectivity index (χ2n) is 5.84. The zero-order chi connectivity index (χ0) is 19.1. The molecular formula is C19H22N4O3. The standard InChI is InChI=1S/C19H22N4O3/c1-20-18(25)13-4-8-15(9-5-13)21-12-17(24)22-16-10-6-14(7-11-16)19(26)23(2)3/h4-11,21H,12H2,1-3H3,(H,20,25)(H,22,24). The molecule has 0 aliphatic rings. The first-order valence-corrected chi connectivity index (χ1v) is 8.08. The highest BCUT2D eigenvalue weighted by molar-refractivity contribution is 5.97.